The van der Waals surface area contributed by atoms with Crippen molar-refractivity contribution in [3.05, 3.63) is 78.6 Å². The number of nitrogens with one attached hydrogen (secondary N) is 1. The maximum Gasteiger partial charge on any atom is 0.241 e. The average Bonchev–Trinajstić information content (AvgIpc) is 2.84. The maximum absolute atomic E-state index is 12.7. The van der Waals surface area contributed by atoms with Crippen LogP contribution < -0.4 is 15.0 Å². The van der Waals surface area contributed by atoms with Crippen LogP contribution in [0.1, 0.15) is 12.5 Å². The van der Waals surface area contributed by atoms with Crippen molar-refractivity contribution in [1.29, 1.82) is 0 Å². The summed E-state index contributed by atoms with van der Waals surface area (Å²) >= 11 is 0. The van der Waals surface area contributed by atoms with Gasteiger partial charge in [-0.3, -0.25) is 9.69 Å². The first-order valence-electron chi connectivity index (χ1n) is 10.5. The van der Waals surface area contributed by atoms with E-state index >= 15 is 0 Å². The summed E-state index contributed by atoms with van der Waals surface area (Å²) in [6, 6.07) is 19.1. The van der Waals surface area contributed by atoms with E-state index in [1.165, 1.54) is 0 Å². The van der Waals surface area contributed by atoms with Crippen molar-refractivity contribution in [2.75, 3.05) is 36.4 Å². The Balaban J connectivity index is 1.25. The Morgan fingerprint density at radius 3 is 2.32 bits per heavy atom. The Labute approximate surface area is 182 Å². The molecule has 4 rings (SSSR count). The molecule has 1 atom stereocenters. The first kappa shape index (κ1) is 20.8. The molecule has 0 bridgehead atoms. The first-order valence-corrected chi connectivity index (χ1v) is 10.5. The van der Waals surface area contributed by atoms with Crippen molar-refractivity contribution in [1.82, 2.24) is 14.9 Å². The molecule has 1 aliphatic rings. The van der Waals surface area contributed by atoms with Gasteiger partial charge in [-0.05, 0) is 42.8 Å². The highest BCUT2D eigenvalue weighted by molar-refractivity contribution is 5.94. The van der Waals surface area contributed by atoms with Crippen molar-refractivity contribution in [3.63, 3.8) is 0 Å². The van der Waals surface area contributed by atoms with E-state index in [0.717, 1.165) is 49.1 Å². The third kappa shape index (κ3) is 5.58. The molecule has 0 spiro atoms. The number of carbonyl (C=O) groups is 1. The number of piperazine rings is 1. The van der Waals surface area contributed by atoms with Gasteiger partial charge in [-0.2, -0.15) is 0 Å². The Morgan fingerprint density at radius 2 is 1.65 bits per heavy atom. The zero-order valence-corrected chi connectivity index (χ0v) is 17.6. The van der Waals surface area contributed by atoms with Gasteiger partial charge in [-0.15, -0.1) is 0 Å². The molecule has 3 aromatic rings. The van der Waals surface area contributed by atoms with Gasteiger partial charge >= 0.3 is 0 Å². The maximum atomic E-state index is 12.7. The Hall–Kier alpha value is -3.45. The molecule has 1 aliphatic heterocycles. The van der Waals surface area contributed by atoms with Gasteiger partial charge in [-0.25, -0.2) is 9.97 Å². The third-order valence-electron chi connectivity index (χ3n) is 5.45. The lowest BCUT2D eigenvalue weighted by Crippen LogP contribution is -2.53. The molecule has 0 aliphatic carbocycles. The number of aromatic nitrogens is 2. The molecule has 7 heteroatoms. The number of anilines is 2. The molecule has 7 nitrogen and oxygen atoms in total. The quantitative estimate of drug-likeness (QED) is 0.637. The van der Waals surface area contributed by atoms with Crippen molar-refractivity contribution >= 4 is 17.5 Å². The largest absolute Gasteiger partial charge is 0.489 e. The number of rotatable bonds is 7. The molecule has 1 unspecified atom stereocenters. The van der Waals surface area contributed by atoms with E-state index in [2.05, 4.69) is 25.1 Å². The highest BCUT2D eigenvalue weighted by atomic mass is 16.5. The van der Waals surface area contributed by atoms with Crippen LogP contribution in [0.4, 0.5) is 11.6 Å². The predicted molar refractivity (Wildman–Crippen MR) is 121 cm³/mol. The zero-order valence-electron chi connectivity index (χ0n) is 17.6. The lowest BCUT2D eigenvalue weighted by atomic mass is 10.2. The Kier molecular flexibility index (Phi) is 6.74. The van der Waals surface area contributed by atoms with Gasteiger partial charge in [0.2, 0.25) is 11.9 Å². The minimum atomic E-state index is -0.215. The van der Waals surface area contributed by atoms with Crippen molar-refractivity contribution in [3.8, 4) is 5.75 Å². The molecular weight excluding hydrogens is 390 g/mol. The highest BCUT2D eigenvalue weighted by Gasteiger charge is 2.26. The fourth-order valence-corrected chi connectivity index (χ4v) is 3.55. The SMILES string of the molecule is CC(C(=O)Nc1ccc(OCc2ccccc2)cc1)N1CCN(c2ncccn2)CC1. The molecule has 1 fully saturated rings. The number of benzene rings is 2. The summed E-state index contributed by atoms with van der Waals surface area (Å²) < 4.78 is 5.81. The van der Waals surface area contributed by atoms with Crippen LogP contribution in [-0.4, -0.2) is 53.0 Å². The summed E-state index contributed by atoms with van der Waals surface area (Å²) in [5.74, 6) is 1.50. The minimum Gasteiger partial charge on any atom is -0.489 e. The molecule has 0 radical (unpaired) electrons. The molecule has 1 aromatic heterocycles. The van der Waals surface area contributed by atoms with Gasteiger partial charge in [0.15, 0.2) is 0 Å². The predicted octanol–water partition coefficient (Wildman–Crippen LogP) is 3.20. The Morgan fingerprint density at radius 1 is 0.968 bits per heavy atom. The van der Waals surface area contributed by atoms with E-state index in [1.54, 1.807) is 12.4 Å². The fourth-order valence-electron chi connectivity index (χ4n) is 3.55. The minimum absolute atomic E-state index is 0.0117. The summed E-state index contributed by atoms with van der Waals surface area (Å²) in [7, 11) is 0. The summed E-state index contributed by atoms with van der Waals surface area (Å²) in [6.07, 6.45) is 3.51. The third-order valence-corrected chi connectivity index (χ3v) is 5.45. The number of hydrogen-bond donors (Lipinski definition) is 1. The zero-order chi connectivity index (χ0) is 21.5. The van der Waals surface area contributed by atoms with Crippen LogP contribution in [0.5, 0.6) is 5.75 Å². The van der Waals surface area contributed by atoms with Crippen LogP contribution in [0, 0.1) is 0 Å². The summed E-state index contributed by atoms with van der Waals surface area (Å²) in [5, 5.41) is 3.01. The van der Waals surface area contributed by atoms with Crippen molar-refractivity contribution in [2.45, 2.75) is 19.6 Å². The standard InChI is InChI=1S/C24H27N5O2/c1-19(28-14-16-29(17-15-28)24-25-12-5-13-26-24)23(30)27-21-8-10-22(11-9-21)31-18-20-6-3-2-4-7-20/h2-13,19H,14-18H2,1H3,(H,27,30). The summed E-state index contributed by atoms with van der Waals surface area (Å²) in [6.45, 7) is 5.65. The van der Waals surface area contributed by atoms with Gasteiger partial charge < -0.3 is 15.0 Å². The fraction of sp³-hybridized carbons (Fsp3) is 0.292. The second kappa shape index (κ2) is 10.0. The highest BCUT2D eigenvalue weighted by Crippen LogP contribution is 2.18. The first-order chi connectivity index (χ1) is 15.2. The normalized spacial score (nSPS) is 15.3. The molecule has 2 aromatic carbocycles. The number of nitrogens with zero attached hydrogens (tertiary/aromatic N) is 4. The Bertz CT molecular complexity index is 958. The second-order valence-corrected chi connectivity index (χ2v) is 7.54. The average molecular weight is 418 g/mol. The van der Waals surface area contributed by atoms with Crippen LogP contribution in [0.3, 0.4) is 0 Å². The summed E-state index contributed by atoms with van der Waals surface area (Å²) in [4.78, 5) is 25.7. The number of amides is 1. The van der Waals surface area contributed by atoms with E-state index in [9.17, 15) is 4.79 Å². The lowest BCUT2D eigenvalue weighted by Gasteiger charge is -2.37. The van der Waals surface area contributed by atoms with E-state index in [1.807, 2.05) is 67.6 Å². The van der Waals surface area contributed by atoms with E-state index in [-0.39, 0.29) is 11.9 Å². The van der Waals surface area contributed by atoms with Crippen LogP contribution in [-0.2, 0) is 11.4 Å². The van der Waals surface area contributed by atoms with Gasteiger partial charge in [0.25, 0.3) is 0 Å². The van der Waals surface area contributed by atoms with Crippen LogP contribution in [0.25, 0.3) is 0 Å². The monoisotopic (exact) mass is 417 g/mol. The van der Waals surface area contributed by atoms with Gasteiger partial charge in [0.05, 0.1) is 6.04 Å². The molecule has 1 saturated heterocycles. The molecule has 0 saturated carbocycles. The number of carbonyl (C=O) groups excluding carboxylic acids is 1. The smallest absolute Gasteiger partial charge is 0.241 e. The molecule has 2 heterocycles. The van der Waals surface area contributed by atoms with Crippen LogP contribution in [0.15, 0.2) is 73.1 Å². The molecular formula is C24H27N5O2. The van der Waals surface area contributed by atoms with E-state index in [4.69, 9.17) is 4.74 Å². The van der Waals surface area contributed by atoms with Gasteiger partial charge in [0.1, 0.15) is 12.4 Å². The van der Waals surface area contributed by atoms with Gasteiger partial charge in [0, 0.05) is 44.3 Å². The number of ether oxygens (including phenoxy) is 1. The van der Waals surface area contributed by atoms with E-state index < -0.39 is 0 Å². The second-order valence-electron chi connectivity index (χ2n) is 7.54. The van der Waals surface area contributed by atoms with E-state index in [0.29, 0.717) is 6.61 Å². The van der Waals surface area contributed by atoms with Gasteiger partial charge in [-0.1, -0.05) is 30.3 Å². The molecule has 31 heavy (non-hydrogen) atoms. The summed E-state index contributed by atoms with van der Waals surface area (Å²) in [5.41, 5.74) is 1.88. The molecule has 1 N–H and O–H groups in total. The van der Waals surface area contributed by atoms with Crippen molar-refractivity contribution < 1.29 is 9.53 Å². The molecule has 1 amide bonds. The lowest BCUT2D eigenvalue weighted by molar-refractivity contribution is -0.120. The van der Waals surface area contributed by atoms with Crippen LogP contribution >= 0.6 is 0 Å². The number of hydrogen-bond acceptors (Lipinski definition) is 6. The van der Waals surface area contributed by atoms with Crippen molar-refractivity contribution in [2.24, 2.45) is 0 Å². The van der Waals surface area contributed by atoms with Crippen LogP contribution in [0.2, 0.25) is 0 Å². The topological polar surface area (TPSA) is 70.6 Å². The molecule has 160 valence electrons.